The second-order valence-electron chi connectivity index (χ2n) is 5.44. The molecule has 3 nitrogen and oxygen atoms in total. The third-order valence-corrected chi connectivity index (χ3v) is 4.00. The summed E-state index contributed by atoms with van der Waals surface area (Å²) >= 11 is 6.65. The molecule has 0 heterocycles. The molecule has 0 radical (unpaired) electrons. The second kappa shape index (κ2) is 9.14. The summed E-state index contributed by atoms with van der Waals surface area (Å²) in [4.78, 5) is 0. The molecule has 0 N–H and O–H groups in total. The largest absolute Gasteiger partial charge is 0.497 e. The van der Waals surface area contributed by atoms with Gasteiger partial charge >= 0.3 is 0 Å². The second-order valence-corrected chi connectivity index (χ2v) is 8.21. The highest BCUT2D eigenvalue weighted by Crippen LogP contribution is 2.33. The number of ether oxygens (including phenoxy) is 3. The van der Waals surface area contributed by atoms with Crippen LogP contribution in [0.4, 0.5) is 0 Å². The van der Waals surface area contributed by atoms with E-state index in [2.05, 4.69) is 45.7 Å². The highest BCUT2D eigenvalue weighted by atomic mass is 79.9. The minimum Gasteiger partial charge on any atom is -0.497 e. The lowest BCUT2D eigenvalue weighted by Gasteiger charge is -2.15. The standard InChI is InChI=1S/C19H20Br2O3/c1-13(2)17-12-16(7-8-18(17)23-10-9-19(20)21)24-15-6-4-5-14(11-15)22-3/h4-9,11-13H,10H2,1-3H3. The summed E-state index contributed by atoms with van der Waals surface area (Å²) in [6.07, 6.45) is 1.91. The topological polar surface area (TPSA) is 27.7 Å². The van der Waals surface area contributed by atoms with Gasteiger partial charge in [-0.15, -0.1) is 0 Å². The van der Waals surface area contributed by atoms with Crippen molar-refractivity contribution in [3.63, 3.8) is 0 Å². The number of benzene rings is 2. The molecule has 0 unspecified atom stereocenters. The predicted molar refractivity (Wildman–Crippen MR) is 105 cm³/mol. The quantitative estimate of drug-likeness (QED) is 0.469. The van der Waals surface area contributed by atoms with Crippen molar-refractivity contribution in [3.8, 4) is 23.0 Å². The molecule has 0 spiro atoms. The molecule has 2 aromatic carbocycles. The van der Waals surface area contributed by atoms with Gasteiger partial charge < -0.3 is 14.2 Å². The van der Waals surface area contributed by atoms with Gasteiger partial charge in [-0.2, -0.15) is 0 Å². The average Bonchev–Trinajstić information content (AvgIpc) is 2.55. The van der Waals surface area contributed by atoms with Crippen LogP contribution in [0, 0.1) is 0 Å². The number of rotatable bonds is 7. The Morgan fingerprint density at radius 1 is 1.04 bits per heavy atom. The van der Waals surface area contributed by atoms with Crippen LogP contribution in [-0.4, -0.2) is 13.7 Å². The van der Waals surface area contributed by atoms with Crippen LogP contribution in [-0.2, 0) is 0 Å². The van der Waals surface area contributed by atoms with Crippen LogP contribution in [0.2, 0.25) is 0 Å². The van der Waals surface area contributed by atoms with Crippen LogP contribution < -0.4 is 14.2 Å². The Labute approximate surface area is 159 Å². The first-order chi connectivity index (χ1) is 11.5. The lowest BCUT2D eigenvalue weighted by molar-refractivity contribution is 0.356. The Kier molecular flexibility index (Phi) is 7.18. The van der Waals surface area contributed by atoms with Gasteiger partial charge in [0.25, 0.3) is 0 Å². The van der Waals surface area contributed by atoms with Gasteiger partial charge in [0.2, 0.25) is 0 Å². The Morgan fingerprint density at radius 3 is 2.42 bits per heavy atom. The summed E-state index contributed by atoms with van der Waals surface area (Å²) in [5.74, 6) is 3.47. The van der Waals surface area contributed by atoms with E-state index < -0.39 is 0 Å². The average molecular weight is 456 g/mol. The summed E-state index contributed by atoms with van der Waals surface area (Å²) in [5.41, 5.74) is 1.11. The Balaban J connectivity index is 2.19. The fourth-order valence-corrected chi connectivity index (χ4v) is 2.43. The summed E-state index contributed by atoms with van der Waals surface area (Å²) in [6, 6.07) is 13.4. The van der Waals surface area contributed by atoms with Gasteiger partial charge in [-0.05, 0) is 74.2 Å². The van der Waals surface area contributed by atoms with Crippen LogP contribution in [0.1, 0.15) is 25.3 Å². The van der Waals surface area contributed by atoms with Crippen LogP contribution in [0.3, 0.4) is 0 Å². The van der Waals surface area contributed by atoms with Gasteiger partial charge in [0.05, 0.1) is 10.5 Å². The van der Waals surface area contributed by atoms with Crippen molar-refractivity contribution in [2.45, 2.75) is 19.8 Å². The van der Waals surface area contributed by atoms with Crippen molar-refractivity contribution in [2.24, 2.45) is 0 Å². The van der Waals surface area contributed by atoms with Crippen molar-refractivity contribution in [1.82, 2.24) is 0 Å². The number of hydrogen-bond donors (Lipinski definition) is 0. The van der Waals surface area contributed by atoms with E-state index in [1.165, 1.54) is 0 Å². The third kappa shape index (κ3) is 5.56. The molecule has 2 aromatic rings. The maximum atomic E-state index is 5.95. The SMILES string of the molecule is COc1cccc(Oc2ccc(OCC=C(Br)Br)c(C(C)C)c2)c1. The highest BCUT2D eigenvalue weighted by Gasteiger charge is 2.10. The van der Waals surface area contributed by atoms with Gasteiger partial charge in [0, 0.05) is 11.6 Å². The molecule has 0 bridgehead atoms. The van der Waals surface area contributed by atoms with E-state index in [1.54, 1.807) is 7.11 Å². The summed E-state index contributed by atoms with van der Waals surface area (Å²) in [5, 5.41) is 0. The summed E-state index contributed by atoms with van der Waals surface area (Å²) < 4.78 is 17.9. The first-order valence-corrected chi connectivity index (χ1v) is 9.18. The number of methoxy groups -OCH3 is 1. The van der Waals surface area contributed by atoms with Crippen molar-refractivity contribution < 1.29 is 14.2 Å². The van der Waals surface area contributed by atoms with E-state index >= 15 is 0 Å². The Hall–Kier alpha value is -1.46. The maximum Gasteiger partial charge on any atom is 0.131 e. The zero-order valence-electron chi connectivity index (χ0n) is 13.9. The molecule has 0 aliphatic heterocycles. The first-order valence-electron chi connectivity index (χ1n) is 7.59. The predicted octanol–water partition coefficient (Wildman–Crippen LogP) is 6.62. The molecule has 0 fully saturated rings. The number of halogens is 2. The lowest BCUT2D eigenvalue weighted by atomic mass is 10.0. The van der Waals surface area contributed by atoms with E-state index in [4.69, 9.17) is 14.2 Å². The molecule has 0 saturated heterocycles. The van der Waals surface area contributed by atoms with E-state index in [9.17, 15) is 0 Å². The molecule has 2 rings (SSSR count). The molecule has 5 heteroatoms. The van der Waals surface area contributed by atoms with E-state index in [0.717, 1.165) is 32.0 Å². The van der Waals surface area contributed by atoms with Gasteiger partial charge in [0.15, 0.2) is 0 Å². The summed E-state index contributed by atoms with van der Waals surface area (Å²) in [6.45, 7) is 4.75. The minimum atomic E-state index is 0.324. The van der Waals surface area contributed by atoms with Crippen LogP contribution in [0.5, 0.6) is 23.0 Å². The zero-order valence-corrected chi connectivity index (χ0v) is 17.1. The molecule has 0 saturated carbocycles. The summed E-state index contributed by atoms with van der Waals surface area (Å²) in [7, 11) is 1.64. The molecular weight excluding hydrogens is 436 g/mol. The molecular formula is C19H20Br2O3. The molecule has 0 amide bonds. The Bertz CT molecular complexity index is 708. The first kappa shape index (κ1) is 18.9. The molecule has 0 aromatic heterocycles. The molecule has 24 heavy (non-hydrogen) atoms. The lowest BCUT2D eigenvalue weighted by Crippen LogP contribution is -2.00. The van der Waals surface area contributed by atoms with Gasteiger partial charge in [-0.25, -0.2) is 0 Å². The van der Waals surface area contributed by atoms with Crippen molar-refractivity contribution in [1.29, 1.82) is 0 Å². The minimum absolute atomic E-state index is 0.324. The van der Waals surface area contributed by atoms with Gasteiger partial charge in [-0.3, -0.25) is 0 Å². The fourth-order valence-electron chi connectivity index (χ4n) is 2.17. The van der Waals surface area contributed by atoms with E-state index in [-0.39, 0.29) is 0 Å². The highest BCUT2D eigenvalue weighted by molar-refractivity contribution is 9.28. The molecule has 0 aliphatic rings. The van der Waals surface area contributed by atoms with Crippen LogP contribution >= 0.6 is 31.9 Å². The normalized spacial score (nSPS) is 10.4. The Morgan fingerprint density at radius 2 is 1.75 bits per heavy atom. The van der Waals surface area contributed by atoms with E-state index in [1.807, 2.05) is 48.5 Å². The number of hydrogen-bond acceptors (Lipinski definition) is 3. The molecule has 0 atom stereocenters. The van der Waals surface area contributed by atoms with Crippen molar-refractivity contribution in [3.05, 3.63) is 57.5 Å². The molecule has 0 aliphatic carbocycles. The van der Waals surface area contributed by atoms with Crippen molar-refractivity contribution >= 4 is 31.9 Å². The van der Waals surface area contributed by atoms with Gasteiger partial charge in [-0.1, -0.05) is 19.9 Å². The van der Waals surface area contributed by atoms with Crippen molar-refractivity contribution in [2.75, 3.05) is 13.7 Å². The zero-order chi connectivity index (χ0) is 17.5. The van der Waals surface area contributed by atoms with E-state index in [0.29, 0.717) is 12.5 Å². The van der Waals surface area contributed by atoms with Crippen LogP contribution in [0.25, 0.3) is 0 Å². The smallest absolute Gasteiger partial charge is 0.131 e. The maximum absolute atomic E-state index is 5.95. The third-order valence-electron chi connectivity index (χ3n) is 3.36. The van der Waals surface area contributed by atoms with Gasteiger partial charge in [0.1, 0.15) is 29.6 Å². The monoisotopic (exact) mass is 454 g/mol. The molecule has 128 valence electrons. The fraction of sp³-hybridized carbons (Fsp3) is 0.263. The van der Waals surface area contributed by atoms with Crippen LogP contribution in [0.15, 0.2) is 51.9 Å².